The molecule has 0 saturated heterocycles. The van der Waals surface area contributed by atoms with Crippen LogP contribution in [0.4, 0.5) is 0 Å². The van der Waals surface area contributed by atoms with Crippen molar-refractivity contribution < 1.29 is 0 Å². The zero-order chi connectivity index (χ0) is 15.8. The zero-order valence-electron chi connectivity index (χ0n) is 12.0. The van der Waals surface area contributed by atoms with Crippen LogP contribution >= 0.6 is 24.4 Å². The molecule has 0 aliphatic carbocycles. The van der Waals surface area contributed by atoms with Gasteiger partial charge in [-0.3, -0.25) is 10.2 Å². The average Bonchev–Trinajstić information content (AvgIpc) is 2.90. The predicted octanol–water partition coefficient (Wildman–Crippen LogP) is 4.79. The van der Waals surface area contributed by atoms with Gasteiger partial charge in [-0.15, -0.1) is 0 Å². The second-order valence-corrected chi connectivity index (χ2v) is 5.92. The van der Waals surface area contributed by atoms with Gasteiger partial charge in [-0.05, 0) is 52.0 Å². The van der Waals surface area contributed by atoms with E-state index in [1.807, 2.05) is 30.5 Å². The number of aromatic nitrogens is 3. The van der Waals surface area contributed by atoms with Gasteiger partial charge in [-0.25, -0.2) is 0 Å². The second kappa shape index (κ2) is 5.57. The number of aromatic amines is 2. The van der Waals surface area contributed by atoms with Crippen LogP contribution in [0.15, 0.2) is 59.7 Å². The van der Waals surface area contributed by atoms with E-state index in [0.717, 1.165) is 16.3 Å². The fraction of sp³-hybridized carbons (Fsp3) is 0. The number of nitrogens with zero attached hydrogens (tertiary/aromatic N) is 2. The number of fused-ring (bicyclic) bond motifs is 2. The molecule has 0 fully saturated rings. The third-order valence-corrected chi connectivity index (χ3v) is 4.33. The summed E-state index contributed by atoms with van der Waals surface area (Å²) >= 11 is 10.4. The van der Waals surface area contributed by atoms with Crippen molar-refractivity contribution in [3.63, 3.8) is 0 Å². The molecule has 0 saturated carbocycles. The topological polar surface area (TPSA) is 48.9 Å². The molecule has 4 nitrogen and oxygen atoms in total. The lowest BCUT2D eigenvalue weighted by Crippen LogP contribution is -1.93. The first-order valence-electron chi connectivity index (χ1n) is 7.08. The van der Waals surface area contributed by atoms with Crippen LogP contribution in [0.5, 0.6) is 0 Å². The minimum atomic E-state index is 0.441. The molecular weight excluding hydrogens is 324 g/mol. The molecule has 112 valence electrons. The lowest BCUT2D eigenvalue weighted by atomic mass is 9.97. The van der Waals surface area contributed by atoms with Gasteiger partial charge in [0, 0.05) is 5.56 Å². The highest BCUT2D eigenvalue weighted by atomic mass is 32.1. The summed E-state index contributed by atoms with van der Waals surface area (Å²) in [6.45, 7) is 0. The summed E-state index contributed by atoms with van der Waals surface area (Å²) in [6, 6.07) is 18.7. The maximum Gasteiger partial charge on any atom is 0.215 e. The minimum absolute atomic E-state index is 0.441. The van der Waals surface area contributed by atoms with Crippen LogP contribution in [0.25, 0.3) is 21.5 Å². The maximum atomic E-state index is 5.18. The van der Waals surface area contributed by atoms with Crippen molar-refractivity contribution in [3.05, 3.63) is 69.7 Å². The van der Waals surface area contributed by atoms with Gasteiger partial charge in [0.15, 0.2) is 0 Å². The summed E-state index contributed by atoms with van der Waals surface area (Å²) in [5, 5.41) is 14.7. The van der Waals surface area contributed by atoms with Gasteiger partial charge in [0.25, 0.3) is 0 Å². The monoisotopic (exact) mass is 336 g/mol. The van der Waals surface area contributed by atoms with E-state index in [9.17, 15) is 0 Å². The van der Waals surface area contributed by atoms with Crippen molar-refractivity contribution >= 4 is 52.2 Å². The van der Waals surface area contributed by atoms with E-state index in [1.165, 1.54) is 15.4 Å². The van der Waals surface area contributed by atoms with Crippen molar-refractivity contribution in [2.75, 3.05) is 0 Å². The summed E-state index contributed by atoms with van der Waals surface area (Å²) in [5.41, 5.74) is 1.05. The second-order valence-electron chi connectivity index (χ2n) is 5.15. The van der Waals surface area contributed by atoms with E-state index in [2.05, 4.69) is 45.6 Å². The highest BCUT2D eigenvalue weighted by Crippen LogP contribution is 2.27. The molecular formula is C17H12N4S2. The Morgan fingerprint density at radius 1 is 0.826 bits per heavy atom. The molecule has 0 unspecified atom stereocenters. The molecule has 0 atom stereocenters. The van der Waals surface area contributed by atoms with Gasteiger partial charge in [0.2, 0.25) is 9.54 Å². The molecule has 2 N–H and O–H groups in total. The number of hydrogen-bond donors (Lipinski definition) is 2. The van der Waals surface area contributed by atoms with Crippen LogP contribution < -0.4 is 0 Å². The van der Waals surface area contributed by atoms with Crippen LogP contribution in [0, 0.1) is 9.54 Å². The third-order valence-electron chi connectivity index (χ3n) is 3.78. The number of rotatable bonds is 2. The summed E-state index contributed by atoms with van der Waals surface area (Å²) in [6.07, 6.45) is 1.82. The molecule has 0 aliphatic heterocycles. The fourth-order valence-corrected chi connectivity index (χ4v) is 3.15. The number of hydrogen-bond acceptors (Lipinski definition) is 3. The molecule has 0 radical (unpaired) electrons. The molecule has 0 bridgehead atoms. The molecule has 0 spiro atoms. The quantitative estimate of drug-likeness (QED) is 0.314. The fourth-order valence-electron chi connectivity index (χ4n) is 2.71. The molecule has 23 heavy (non-hydrogen) atoms. The molecule has 0 amide bonds. The zero-order valence-corrected chi connectivity index (χ0v) is 13.6. The van der Waals surface area contributed by atoms with Gasteiger partial charge in [-0.2, -0.15) is 9.78 Å². The van der Waals surface area contributed by atoms with E-state index in [1.54, 1.807) is 0 Å². The summed E-state index contributed by atoms with van der Waals surface area (Å²) in [7, 11) is 0. The Bertz CT molecular complexity index is 1080. The van der Waals surface area contributed by atoms with Crippen molar-refractivity contribution in [1.29, 1.82) is 0 Å². The Morgan fingerprint density at radius 2 is 1.35 bits per heavy atom. The van der Waals surface area contributed by atoms with Crippen molar-refractivity contribution in [3.8, 4) is 0 Å². The first-order chi connectivity index (χ1) is 11.2. The molecule has 0 aliphatic rings. The molecule has 4 aromatic rings. The van der Waals surface area contributed by atoms with Crippen LogP contribution in [0.1, 0.15) is 5.56 Å². The third kappa shape index (κ3) is 2.42. The van der Waals surface area contributed by atoms with Crippen molar-refractivity contribution in [2.45, 2.75) is 0 Å². The maximum absolute atomic E-state index is 5.18. The summed E-state index contributed by atoms with van der Waals surface area (Å²) in [4.78, 5) is 0. The van der Waals surface area contributed by atoms with Gasteiger partial charge in [0.1, 0.15) is 0 Å². The van der Waals surface area contributed by atoms with Gasteiger partial charge < -0.3 is 0 Å². The Labute approximate surface area is 142 Å². The number of nitrogens with one attached hydrogen (secondary N) is 2. The lowest BCUT2D eigenvalue weighted by Gasteiger charge is -2.07. The highest BCUT2D eigenvalue weighted by Gasteiger charge is 2.05. The van der Waals surface area contributed by atoms with Crippen LogP contribution in [0.3, 0.4) is 0 Å². The highest BCUT2D eigenvalue weighted by molar-refractivity contribution is 7.72. The smallest absolute Gasteiger partial charge is 0.215 e. The van der Waals surface area contributed by atoms with E-state index in [-0.39, 0.29) is 0 Å². The minimum Gasteiger partial charge on any atom is -0.273 e. The molecule has 1 heterocycles. The first kappa shape index (κ1) is 14.0. The lowest BCUT2D eigenvalue weighted by molar-refractivity contribution is 0.849. The summed E-state index contributed by atoms with van der Waals surface area (Å²) in [5.74, 6) is 0. The van der Waals surface area contributed by atoms with E-state index in [0.29, 0.717) is 9.54 Å². The largest absolute Gasteiger partial charge is 0.273 e. The summed E-state index contributed by atoms with van der Waals surface area (Å²) < 4.78 is 2.38. The Hall–Kier alpha value is -2.57. The number of H-pyrrole nitrogens is 2. The molecule has 6 heteroatoms. The number of benzene rings is 3. The standard InChI is InChI=1S/C17H12N4S2/c22-16-19-20-17(23)21(16)18-10-15-13-7-3-1-5-11(13)9-12-6-2-4-8-14(12)15/h1-10H,(H,19,22)(H,20,23)/b18-10-. The van der Waals surface area contributed by atoms with Gasteiger partial charge >= 0.3 is 0 Å². The van der Waals surface area contributed by atoms with Crippen LogP contribution in [-0.2, 0) is 0 Å². The van der Waals surface area contributed by atoms with Crippen molar-refractivity contribution in [2.24, 2.45) is 5.10 Å². The average molecular weight is 336 g/mol. The Morgan fingerprint density at radius 3 is 1.91 bits per heavy atom. The Kier molecular flexibility index (Phi) is 3.40. The molecule has 1 aromatic heterocycles. The van der Waals surface area contributed by atoms with Crippen LogP contribution in [-0.4, -0.2) is 21.1 Å². The first-order valence-corrected chi connectivity index (χ1v) is 7.90. The van der Waals surface area contributed by atoms with Crippen molar-refractivity contribution in [1.82, 2.24) is 14.9 Å². The normalized spacial score (nSPS) is 11.7. The SMILES string of the molecule is S=c1[nH][nH]c(=S)n1/N=C\c1c2ccccc2cc2ccccc12. The van der Waals surface area contributed by atoms with E-state index < -0.39 is 0 Å². The predicted molar refractivity (Wildman–Crippen MR) is 99.2 cm³/mol. The van der Waals surface area contributed by atoms with Crippen LogP contribution in [0.2, 0.25) is 0 Å². The van der Waals surface area contributed by atoms with Gasteiger partial charge in [0.05, 0.1) is 6.21 Å². The van der Waals surface area contributed by atoms with E-state index in [4.69, 9.17) is 24.4 Å². The Balaban J connectivity index is 2.03. The van der Waals surface area contributed by atoms with Gasteiger partial charge in [-0.1, -0.05) is 48.5 Å². The molecule has 4 rings (SSSR count). The molecule has 3 aromatic carbocycles. The van der Waals surface area contributed by atoms with E-state index >= 15 is 0 Å².